The molecule has 1 aliphatic heterocycles. The van der Waals surface area contributed by atoms with Gasteiger partial charge in [-0.2, -0.15) is 0 Å². The molecule has 124 valence electrons. The van der Waals surface area contributed by atoms with Gasteiger partial charge in [0.2, 0.25) is 10.0 Å². The maximum atomic E-state index is 12.3. The van der Waals surface area contributed by atoms with Crippen LogP contribution in [0.15, 0.2) is 33.6 Å². The van der Waals surface area contributed by atoms with Gasteiger partial charge in [0.05, 0.1) is 11.5 Å². The number of methoxy groups -OCH3 is 1. The first-order valence-corrected chi connectivity index (χ1v) is 9.76. The van der Waals surface area contributed by atoms with Crippen molar-refractivity contribution in [2.45, 2.75) is 17.7 Å². The molecule has 1 N–H and O–H groups in total. The molecule has 0 bridgehead atoms. The van der Waals surface area contributed by atoms with Gasteiger partial charge in [0.1, 0.15) is 0 Å². The summed E-state index contributed by atoms with van der Waals surface area (Å²) in [6, 6.07) is 6.88. The monoisotopic (exact) mass is 390 g/mol. The van der Waals surface area contributed by atoms with Crippen LogP contribution in [0.1, 0.15) is 12.8 Å². The van der Waals surface area contributed by atoms with Crippen molar-refractivity contribution in [1.29, 1.82) is 0 Å². The van der Waals surface area contributed by atoms with E-state index in [9.17, 15) is 8.42 Å². The van der Waals surface area contributed by atoms with Crippen molar-refractivity contribution < 1.29 is 13.2 Å². The molecule has 0 saturated carbocycles. The summed E-state index contributed by atoms with van der Waals surface area (Å²) < 4.78 is 33.1. The van der Waals surface area contributed by atoms with E-state index in [-0.39, 0.29) is 0 Å². The molecule has 1 saturated heterocycles. The van der Waals surface area contributed by atoms with Gasteiger partial charge >= 0.3 is 0 Å². The number of nitrogens with zero attached hydrogens (tertiary/aromatic N) is 1. The quantitative estimate of drug-likeness (QED) is 0.774. The summed E-state index contributed by atoms with van der Waals surface area (Å²) in [5, 5.41) is 0. The molecule has 0 aliphatic carbocycles. The Kier molecular flexibility index (Phi) is 6.83. The Morgan fingerprint density at radius 3 is 2.64 bits per heavy atom. The summed E-state index contributed by atoms with van der Waals surface area (Å²) >= 11 is 3.29. The van der Waals surface area contributed by atoms with Crippen LogP contribution in [0.2, 0.25) is 0 Å². The van der Waals surface area contributed by atoms with Gasteiger partial charge < -0.3 is 9.64 Å². The second-order valence-electron chi connectivity index (χ2n) is 5.56. The van der Waals surface area contributed by atoms with Crippen LogP contribution >= 0.6 is 15.9 Å². The first-order chi connectivity index (χ1) is 10.5. The van der Waals surface area contributed by atoms with E-state index < -0.39 is 10.0 Å². The predicted molar refractivity (Wildman–Crippen MR) is 90.4 cm³/mol. The van der Waals surface area contributed by atoms with Gasteiger partial charge in [0.15, 0.2) is 0 Å². The van der Waals surface area contributed by atoms with Crippen molar-refractivity contribution in [3.63, 3.8) is 0 Å². The lowest BCUT2D eigenvalue weighted by Gasteiger charge is -2.31. The normalized spacial score (nSPS) is 17.7. The van der Waals surface area contributed by atoms with Crippen LogP contribution in [-0.4, -0.2) is 53.2 Å². The molecule has 0 amide bonds. The molecule has 7 heteroatoms. The van der Waals surface area contributed by atoms with Gasteiger partial charge in [-0.15, -0.1) is 0 Å². The van der Waals surface area contributed by atoms with Crippen LogP contribution in [0, 0.1) is 5.92 Å². The van der Waals surface area contributed by atoms with Crippen LogP contribution in [0.4, 0.5) is 0 Å². The minimum atomic E-state index is -3.45. The molecule has 1 heterocycles. The third-order valence-electron chi connectivity index (χ3n) is 4.01. The number of piperidine rings is 1. The van der Waals surface area contributed by atoms with Crippen molar-refractivity contribution in [2.75, 3.05) is 39.9 Å². The molecule has 0 atom stereocenters. The third-order valence-corrected chi connectivity index (χ3v) is 6.44. The molecule has 1 aromatic carbocycles. The predicted octanol–water partition coefficient (Wildman–Crippen LogP) is 2.09. The largest absolute Gasteiger partial charge is 0.383 e. The molecule has 0 aromatic heterocycles. The van der Waals surface area contributed by atoms with Crippen molar-refractivity contribution in [1.82, 2.24) is 9.62 Å². The fourth-order valence-corrected chi connectivity index (χ4v) is 4.72. The van der Waals surface area contributed by atoms with Crippen molar-refractivity contribution in [3.8, 4) is 0 Å². The van der Waals surface area contributed by atoms with E-state index in [1.54, 1.807) is 31.4 Å². The molecule has 1 fully saturated rings. The number of likely N-dealkylation sites (tertiary alicyclic amines) is 1. The topological polar surface area (TPSA) is 58.6 Å². The zero-order chi connectivity index (χ0) is 16.0. The van der Waals surface area contributed by atoms with Gasteiger partial charge in [0, 0.05) is 24.7 Å². The van der Waals surface area contributed by atoms with Gasteiger partial charge in [-0.25, -0.2) is 13.1 Å². The number of benzene rings is 1. The summed E-state index contributed by atoms with van der Waals surface area (Å²) in [4.78, 5) is 2.66. The number of ether oxygens (including phenoxy) is 1. The number of sulfonamides is 1. The van der Waals surface area contributed by atoms with Crippen molar-refractivity contribution in [3.05, 3.63) is 28.7 Å². The summed E-state index contributed by atoms with van der Waals surface area (Å²) in [7, 11) is -1.74. The number of hydrogen-bond donors (Lipinski definition) is 1. The summed E-state index contributed by atoms with van der Waals surface area (Å²) in [5.41, 5.74) is 0. The number of halogens is 1. The first kappa shape index (κ1) is 17.9. The third kappa shape index (κ3) is 5.03. The van der Waals surface area contributed by atoms with Gasteiger partial charge in [-0.05, 0) is 59.9 Å². The van der Waals surface area contributed by atoms with Crippen LogP contribution in [0.5, 0.6) is 0 Å². The zero-order valence-electron chi connectivity index (χ0n) is 12.8. The smallest absolute Gasteiger partial charge is 0.241 e. The molecule has 0 unspecified atom stereocenters. The van der Waals surface area contributed by atoms with Crippen LogP contribution in [0.3, 0.4) is 0 Å². The molecule has 22 heavy (non-hydrogen) atoms. The summed E-state index contributed by atoms with van der Waals surface area (Å²) in [6.45, 7) is 4.21. The molecule has 5 nitrogen and oxygen atoms in total. The lowest BCUT2D eigenvalue weighted by atomic mass is 9.97. The highest BCUT2D eigenvalue weighted by Gasteiger charge is 2.22. The average molecular weight is 391 g/mol. The standard InChI is InChI=1S/C15H23BrN2O3S/c1-21-11-10-18-8-6-13(7-9-18)12-17-22(19,20)15-5-3-2-4-14(15)16/h2-5,13,17H,6-12H2,1H3. The Bertz CT molecular complexity index is 572. The fraction of sp³-hybridized carbons (Fsp3) is 0.600. The zero-order valence-corrected chi connectivity index (χ0v) is 15.2. The molecule has 0 spiro atoms. The Balaban J connectivity index is 1.83. The highest BCUT2D eigenvalue weighted by Crippen LogP contribution is 2.22. The van der Waals surface area contributed by atoms with E-state index in [1.807, 2.05) is 0 Å². The van der Waals surface area contributed by atoms with Crippen molar-refractivity contribution in [2.24, 2.45) is 5.92 Å². The Hall–Kier alpha value is -0.470. The average Bonchev–Trinajstić information content (AvgIpc) is 2.52. The molecular formula is C15H23BrN2O3S. The first-order valence-electron chi connectivity index (χ1n) is 7.48. The number of hydrogen-bond acceptors (Lipinski definition) is 4. The molecular weight excluding hydrogens is 368 g/mol. The van der Waals surface area contributed by atoms with E-state index in [4.69, 9.17) is 4.74 Å². The number of nitrogens with one attached hydrogen (secondary N) is 1. The summed E-state index contributed by atoms with van der Waals surface area (Å²) in [5.74, 6) is 0.399. The summed E-state index contributed by atoms with van der Waals surface area (Å²) in [6.07, 6.45) is 2.03. The van der Waals surface area contributed by atoms with Crippen LogP contribution < -0.4 is 4.72 Å². The second kappa shape index (κ2) is 8.40. The fourth-order valence-electron chi connectivity index (χ4n) is 2.60. The van der Waals surface area contributed by atoms with E-state index in [0.29, 0.717) is 21.8 Å². The van der Waals surface area contributed by atoms with E-state index in [2.05, 4.69) is 25.6 Å². The van der Waals surface area contributed by atoms with E-state index >= 15 is 0 Å². The van der Waals surface area contributed by atoms with Gasteiger partial charge in [-0.1, -0.05) is 12.1 Å². The molecule has 2 rings (SSSR count). The minimum Gasteiger partial charge on any atom is -0.383 e. The van der Waals surface area contributed by atoms with Crippen LogP contribution in [0.25, 0.3) is 0 Å². The number of rotatable bonds is 7. The molecule has 0 radical (unpaired) electrons. The van der Waals surface area contributed by atoms with E-state index in [0.717, 1.165) is 39.1 Å². The Morgan fingerprint density at radius 2 is 2.00 bits per heavy atom. The van der Waals surface area contributed by atoms with E-state index in [1.165, 1.54) is 0 Å². The maximum absolute atomic E-state index is 12.3. The Labute approximate surface area is 141 Å². The Morgan fingerprint density at radius 1 is 1.32 bits per heavy atom. The lowest BCUT2D eigenvalue weighted by Crippen LogP contribution is -2.39. The second-order valence-corrected chi connectivity index (χ2v) is 8.15. The maximum Gasteiger partial charge on any atom is 0.241 e. The minimum absolute atomic E-state index is 0.299. The SMILES string of the molecule is COCCN1CCC(CNS(=O)(=O)c2ccccc2Br)CC1. The molecule has 1 aromatic rings. The molecule has 1 aliphatic rings. The van der Waals surface area contributed by atoms with Crippen molar-refractivity contribution >= 4 is 26.0 Å². The lowest BCUT2D eigenvalue weighted by molar-refractivity contribution is 0.121. The highest BCUT2D eigenvalue weighted by molar-refractivity contribution is 9.10. The van der Waals surface area contributed by atoms with Gasteiger partial charge in [-0.3, -0.25) is 0 Å². The highest BCUT2D eigenvalue weighted by atomic mass is 79.9. The van der Waals surface area contributed by atoms with Crippen LogP contribution in [-0.2, 0) is 14.8 Å². The van der Waals surface area contributed by atoms with Gasteiger partial charge in [0.25, 0.3) is 0 Å².